The van der Waals surface area contributed by atoms with Gasteiger partial charge in [-0.05, 0) is 6.42 Å². The molecule has 1 heterocycles. The van der Waals surface area contributed by atoms with Gasteiger partial charge in [-0.2, -0.15) is 0 Å². The van der Waals surface area contributed by atoms with Gasteiger partial charge in [-0.3, -0.25) is 0 Å². The van der Waals surface area contributed by atoms with Gasteiger partial charge in [0.2, 0.25) is 0 Å². The Kier molecular flexibility index (Phi) is 2.90. The Morgan fingerprint density at radius 2 is 2.36 bits per heavy atom. The molecule has 1 aliphatic heterocycles. The predicted molar refractivity (Wildman–Crippen MR) is 36.9 cm³/mol. The van der Waals surface area contributed by atoms with Crippen molar-refractivity contribution >= 4 is 11.6 Å². The van der Waals surface area contributed by atoms with Crippen LogP contribution in [0, 0.1) is 10.1 Å². The van der Waals surface area contributed by atoms with Crippen LogP contribution in [0.1, 0.15) is 6.42 Å². The monoisotopic (exact) mass is 181 g/mol. The number of halogens is 1. The second-order valence-corrected chi connectivity index (χ2v) is 2.94. The van der Waals surface area contributed by atoms with Crippen LogP contribution in [0.4, 0.5) is 0 Å². The second-order valence-electron chi connectivity index (χ2n) is 2.32. The van der Waals surface area contributed by atoms with E-state index in [9.17, 15) is 10.1 Å². The van der Waals surface area contributed by atoms with Crippen molar-refractivity contribution in [3.05, 3.63) is 10.1 Å². The van der Waals surface area contributed by atoms with Crippen LogP contribution >= 0.6 is 11.6 Å². The first-order valence-corrected chi connectivity index (χ1v) is 3.65. The molecule has 5 nitrogen and oxygen atoms in total. The van der Waals surface area contributed by atoms with Gasteiger partial charge in [-0.15, -0.1) is 21.7 Å². The molecule has 0 aromatic rings. The van der Waals surface area contributed by atoms with Gasteiger partial charge in [0.25, 0.3) is 5.09 Å². The van der Waals surface area contributed by atoms with E-state index in [0.29, 0.717) is 13.0 Å². The van der Waals surface area contributed by atoms with E-state index in [-0.39, 0.29) is 12.0 Å². The third kappa shape index (κ3) is 2.90. The molecule has 64 valence electrons. The number of hydrogen-bond acceptors (Lipinski definition) is 4. The van der Waals surface area contributed by atoms with Crippen molar-refractivity contribution in [2.75, 3.05) is 13.2 Å². The molecular weight excluding hydrogens is 174 g/mol. The molecule has 0 N–H and O–H groups in total. The van der Waals surface area contributed by atoms with Crippen molar-refractivity contribution in [2.45, 2.75) is 17.9 Å². The Morgan fingerprint density at radius 1 is 1.64 bits per heavy atom. The lowest BCUT2D eigenvalue weighted by Gasteiger charge is -2.23. The third-order valence-corrected chi connectivity index (χ3v) is 1.66. The zero-order valence-corrected chi connectivity index (χ0v) is 6.49. The zero-order valence-electron chi connectivity index (χ0n) is 5.73. The first kappa shape index (κ1) is 8.55. The lowest BCUT2D eigenvalue weighted by Crippen LogP contribution is -2.33. The Morgan fingerprint density at radius 3 is 2.91 bits per heavy atom. The van der Waals surface area contributed by atoms with E-state index in [1.54, 1.807) is 0 Å². The van der Waals surface area contributed by atoms with Crippen molar-refractivity contribution in [3.63, 3.8) is 0 Å². The molecule has 1 fully saturated rings. The van der Waals surface area contributed by atoms with Gasteiger partial charge in [-0.1, -0.05) is 0 Å². The molecule has 0 radical (unpaired) electrons. The van der Waals surface area contributed by atoms with Gasteiger partial charge in [0.1, 0.15) is 6.10 Å². The summed E-state index contributed by atoms with van der Waals surface area (Å²) in [5, 5.41) is 8.87. The molecule has 0 saturated carbocycles. The van der Waals surface area contributed by atoms with Crippen LogP contribution in [0.15, 0.2) is 0 Å². The van der Waals surface area contributed by atoms with E-state index in [0.717, 1.165) is 0 Å². The molecule has 11 heavy (non-hydrogen) atoms. The molecule has 1 saturated heterocycles. The van der Waals surface area contributed by atoms with Crippen LogP contribution < -0.4 is 0 Å². The normalized spacial score (nSPS) is 31.4. The molecule has 1 rings (SSSR count). The lowest BCUT2D eigenvalue weighted by atomic mass is 10.2. The van der Waals surface area contributed by atoms with Crippen LogP contribution in [0.3, 0.4) is 0 Å². The summed E-state index contributed by atoms with van der Waals surface area (Å²) in [6, 6.07) is 0. The maximum absolute atomic E-state index is 9.86. The van der Waals surface area contributed by atoms with Crippen molar-refractivity contribution < 1.29 is 14.7 Å². The van der Waals surface area contributed by atoms with Crippen LogP contribution in [-0.4, -0.2) is 29.8 Å². The Bertz CT molecular complexity index is 153. The summed E-state index contributed by atoms with van der Waals surface area (Å²) in [5.74, 6) is 0. The molecule has 0 amide bonds. The molecule has 6 heteroatoms. The summed E-state index contributed by atoms with van der Waals surface area (Å²) in [6.07, 6.45) is -0.0241. The van der Waals surface area contributed by atoms with Crippen molar-refractivity contribution in [2.24, 2.45) is 0 Å². The quantitative estimate of drug-likeness (QED) is 0.355. The summed E-state index contributed by atoms with van der Waals surface area (Å²) in [6.45, 7) is 0.698. The fourth-order valence-electron chi connectivity index (χ4n) is 0.944. The molecule has 0 aromatic carbocycles. The molecule has 0 bridgehead atoms. The van der Waals surface area contributed by atoms with E-state index in [1.807, 2.05) is 0 Å². The van der Waals surface area contributed by atoms with Crippen LogP contribution in [-0.2, 0) is 9.57 Å². The Labute approximate surface area is 68.3 Å². The van der Waals surface area contributed by atoms with Crippen LogP contribution in [0.25, 0.3) is 0 Å². The number of ether oxygens (including phenoxy) is 1. The number of hydrogen-bond donors (Lipinski definition) is 0. The summed E-state index contributed by atoms with van der Waals surface area (Å²) in [7, 11) is 0. The van der Waals surface area contributed by atoms with E-state index in [2.05, 4.69) is 4.84 Å². The maximum atomic E-state index is 9.86. The molecule has 0 spiro atoms. The summed E-state index contributed by atoms with van der Waals surface area (Å²) in [5.41, 5.74) is 0. The average molecular weight is 182 g/mol. The Hall–Kier alpha value is -0.550. The van der Waals surface area contributed by atoms with Gasteiger partial charge in [0, 0.05) is 0 Å². The predicted octanol–water partition coefficient (Wildman–Crippen LogP) is 0.591. The largest absolute Gasteiger partial charge is 0.378 e. The number of rotatable bonds is 2. The summed E-state index contributed by atoms with van der Waals surface area (Å²) >= 11 is 5.67. The minimum atomic E-state index is -0.817. The molecule has 1 aliphatic rings. The van der Waals surface area contributed by atoms with Crippen molar-refractivity contribution in [1.29, 1.82) is 0 Å². The number of alkyl halides is 1. The lowest BCUT2D eigenvalue weighted by molar-refractivity contribution is -0.769. The van der Waals surface area contributed by atoms with Gasteiger partial charge >= 0.3 is 0 Å². The first-order chi connectivity index (χ1) is 5.18. The van der Waals surface area contributed by atoms with E-state index in [1.165, 1.54) is 0 Å². The molecule has 0 aliphatic carbocycles. The fraction of sp³-hybridized carbons (Fsp3) is 1.00. The van der Waals surface area contributed by atoms with Gasteiger partial charge < -0.3 is 9.57 Å². The average Bonchev–Trinajstić information content (AvgIpc) is 1.85. The van der Waals surface area contributed by atoms with Crippen molar-refractivity contribution in [3.8, 4) is 0 Å². The third-order valence-electron chi connectivity index (χ3n) is 1.36. The summed E-state index contributed by atoms with van der Waals surface area (Å²) < 4.78 is 4.93. The van der Waals surface area contributed by atoms with Gasteiger partial charge in [0.05, 0.1) is 18.6 Å². The topological polar surface area (TPSA) is 61.6 Å². The minimum absolute atomic E-state index is 0.173. The minimum Gasteiger partial charge on any atom is -0.378 e. The number of nitrogens with zero attached hydrogens (tertiary/aromatic N) is 1. The van der Waals surface area contributed by atoms with E-state index in [4.69, 9.17) is 16.3 Å². The molecule has 0 aromatic heterocycles. The maximum Gasteiger partial charge on any atom is 0.294 e. The standard InChI is InChI=1S/C5H8ClNO4/c6-4-1-5(3-10-2-4)11-7(8)9/h4-5H,1-3H2. The second kappa shape index (κ2) is 3.73. The summed E-state index contributed by atoms with van der Waals surface area (Å²) in [4.78, 5) is 14.1. The molecule has 2 atom stereocenters. The highest BCUT2D eigenvalue weighted by atomic mass is 35.5. The van der Waals surface area contributed by atoms with Crippen LogP contribution in [0.2, 0.25) is 0 Å². The van der Waals surface area contributed by atoms with Crippen LogP contribution in [0.5, 0.6) is 0 Å². The zero-order chi connectivity index (χ0) is 8.27. The fourth-order valence-corrected chi connectivity index (χ4v) is 1.23. The molecular formula is C5H8ClNO4. The van der Waals surface area contributed by atoms with Gasteiger partial charge in [0.15, 0.2) is 0 Å². The Balaban J connectivity index is 2.28. The molecule has 2 unspecified atom stereocenters. The first-order valence-electron chi connectivity index (χ1n) is 3.21. The van der Waals surface area contributed by atoms with Gasteiger partial charge in [-0.25, -0.2) is 0 Å². The van der Waals surface area contributed by atoms with E-state index < -0.39 is 11.2 Å². The smallest absolute Gasteiger partial charge is 0.294 e. The van der Waals surface area contributed by atoms with E-state index >= 15 is 0 Å². The highest BCUT2D eigenvalue weighted by molar-refractivity contribution is 6.20. The highest BCUT2D eigenvalue weighted by Gasteiger charge is 2.23. The highest BCUT2D eigenvalue weighted by Crippen LogP contribution is 2.15. The SMILES string of the molecule is O=[N+]([O-])OC1COCC(Cl)C1. The van der Waals surface area contributed by atoms with Crippen molar-refractivity contribution in [1.82, 2.24) is 0 Å².